The Balaban J connectivity index is 2.35. The van der Waals surface area contributed by atoms with Gasteiger partial charge in [-0.3, -0.25) is 4.79 Å². The molecule has 0 atom stereocenters. The van der Waals surface area contributed by atoms with Gasteiger partial charge in [-0.2, -0.15) is 0 Å². The number of ether oxygens (including phenoxy) is 1. The number of nitrogens with zero attached hydrogens (tertiary/aromatic N) is 2. The maximum Gasteiger partial charge on any atom is 0.307 e. The smallest absolute Gasteiger partial charge is 0.307 e. The second-order valence-electron chi connectivity index (χ2n) is 2.77. The van der Waals surface area contributed by atoms with Gasteiger partial charge in [-0.05, 0) is 13.0 Å². The van der Waals surface area contributed by atoms with Gasteiger partial charge in [-0.25, -0.2) is 9.97 Å². The SMILES string of the molecule is COC(=O)CCNc1nccc(C)n1. The number of rotatable bonds is 4. The predicted octanol–water partition coefficient (Wildman–Crippen LogP) is 0.760. The molecule has 0 amide bonds. The zero-order valence-corrected chi connectivity index (χ0v) is 8.28. The van der Waals surface area contributed by atoms with Gasteiger partial charge in [0.05, 0.1) is 13.5 Å². The number of carbonyl (C=O) groups excluding carboxylic acids is 1. The van der Waals surface area contributed by atoms with E-state index >= 15 is 0 Å². The number of aromatic nitrogens is 2. The fourth-order valence-electron chi connectivity index (χ4n) is 0.913. The van der Waals surface area contributed by atoms with E-state index in [2.05, 4.69) is 20.0 Å². The molecule has 0 aliphatic heterocycles. The minimum Gasteiger partial charge on any atom is -0.469 e. The van der Waals surface area contributed by atoms with E-state index in [1.54, 1.807) is 6.20 Å². The molecule has 1 aromatic heterocycles. The molecular formula is C9H13N3O2. The number of hydrogen-bond donors (Lipinski definition) is 1. The highest BCUT2D eigenvalue weighted by Crippen LogP contribution is 1.98. The molecule has 0 radical (unpaired) electrons. The number of anilines is 1. The average molecular weight is 195 g/mol. The van der Waals surface area contributed by atoms with Crippen molar-refractivity contribution in [3.8, 4) is 0 Å². The van der Waals surface area contributed by atoms with Crippen molar-refractivity contribution >= 4 is 11.9 Å². The van der Waals surface area contributed by atoms with Crippen LogP contribution in [0.3, 0.4) is 0 Å². The van der Waals surface area contributed by atoms with Gasteiger partial charge in [0.15, 0.2) is 0 Å². The van der Waals surface area contributed by atoms with Crippen molar-refractivity contribution in [1.29, 1.82) is 0 Å². The number of methoxy groups -OCH3 is 1. The number of hydrogen-bond acceptors (Lipinski definition) is 5. The van der Waals surface area contributed by atoms with Crippen LogP contribution in [0.25, 0.3) is 0 Å². The fourth-order valence-corrected chi connectivity index (χ4v) is 0.913. The number of nitrogens with one attached hydrogen (secondary N) is 1. The molecule has 1 rings (SSSR count). The molecule has 1 aromatic rings. The Kier molecular flexibility index (Phi) is 3.84. The van der Waals surface area contributed by atoms with Crippen LogP contribution in [-0.2, 0) is 9.53 Å². The van der Waals surface area contributed by atoms with Crippen molar-refractivity contribution in [1.82, 2.24) is 9.97 Å². The van der Waals surface area contributed by atoms with Crippen LogP contribution in [0.5, 0.6) is 0 Å². The number of carbonyl (C=O) groups is 1. The number of esters is 1. The lowest BCUT2D eigenvalue weighted by atomic mass is 10.4. The minimum absolute atomic E-state index is 0.245. The molecule has 0 saturated carbocycles. The first-order chi connectivity index (χ1) is 6.72. The highest BCUT2D eigenvalue weighted by Gasteiger charge is 2.00. The topological polar surface area (TPSA) is 64.1 Å². The van der Waals surface area contributed by atoms with Crippen LogP contribution in [0.4, 0.5) is 5.95 Å². The first kappa shape index (κ1) is 10.4. The summed E-state index contributed by atoms with van der Waals surface area (Å²) in [6.07, 6.45) is 1.98. The third-order valence-corrected chi connectivity index (χ3v) is 1.63. The van der Waals surface area contributed by atoms with E-state index in [4.69, 9.17) is 0 Å². The molecule has 1 heterocycles. The summed E-state index contributed by atoms with van der Waals surface area (Å²) in [6.45, 7) is 2.36. The van der Waals surface area contributed by atoms with Crippen molar-refractivity contribution < 1.29 is 9.53 Å². The lowest BCUT2D eigenvalue weighted by Crippen LogP contribution is -2.11. The highest BCUT2D eigenvalue weighted by molar-refractivity contribution is 5.69. The summed E-state index contributed by atoms with van der Waals surface area (Å²) in [5.74, 6) is 0.291. The summed E-state index contributed by atoms with van der Waals surface area (Å²) in [6, 6.07) is 1.81. The largest absolute Gasteiger partial charge is 0.469 e. The third-order valence-electron chi connectivity index (χ3n) is 1.63. The molecule has 0 fully saturated rings. The highest BCUT2D eigenvalue weighted by atomic mass is 16.5. The molecule has 0 unspecified atom stereocenters. The van der Waals surface area contributed by atoms with Gasteiger partial charge >= 0.3 is 5.97 Å². The standard InChI is InChI=1S/C9H13N3O2/c1-7-3-5-10-9(12-7)11-6-4-8(13)14-2/h3,5H,4,6H2,1-2H3,(H,10,11,12). The molecule has 5 heteroatoms. The summed E-state index contributed by atoms with van der Waals surface area (Å²) < 4.78 is 4.49. The van der Waals surface area contributed by atoms with E-state index in [9.17, 15) is 4.79 Å². The van der Waals surface area contributed by atoms with Crippen molar-refractivity contribution in [3.05, 3.63) is 18.0 Å². The summed E-state index contributed by atoms with van der Waals surface area (Å²) in [7, 11) is 1.37. The lowest BCUT2D eigenvalue weighted by molar-refractivity contribution is -0.140. The molecule has 14 heavy (non-hydrogen) atoms. The first-order valence-electron chi connectivity index (χ1n) is 4.32. The van der Waals surface area contributed by atoms with Crippen molar-refractivity contribution in [2.45, 2.75) is 13.3 Å². The van der Waals surface area contributed by atoms with Gasteiger partial charge in [-0.15, -0.1) is 0 Å². The normalized spacial score (nSPS) is 9.57. The average Bonchev–Trinajstić information content (AvgIpc) is 2.17. The molecule has 0 aliphatic rings. The van der Waals surface area contributed by atoms with Gasteiger partial charge in [0.2, 0.25) is 5.95 Å². The molecule has 0 bridgehead atoms. The second kappa shape index (κ2) is 5.16. The molecule has 0 aliphatic carbocycles. The Hall–Kier alpha value is -1.65. The molecule has 0 saturated heterocycles. The van der Waals surface area contributed by atoms with Crippen LogP contribution in [0, 0.1) is 6.92 Å². The quantitative estimate of drug-likeness (QED) is 0.718. The van der Waals surface area contributed by atoms with Crippen molar-refractivity contribution in [3.63, 3.8) is 0 Å². The molecule has 5 nitrogen and oxygen atoms in total. The van der Waals surface area contributed by atoms with Crippen LogP contribution < -0.4 is 5.32 Å². The van der Waals surface area contributed by atoms with Gasteiger partial charge in [0, 0.05) is 18.4 Å². The Morgan fingerprint density at radius 1 is 1.64 bits per heavy atom. The molecule has 0 spiro atoms. The van der Waals surface area contributed by atoms with Gasteiger partial charge in [0.1, 0.15) is 0 Å². The van der Waals surface area contributed by atoms with Crippen LogP contribution in [-0.4, -0.2) is 29.6 Å². The maximum absolute atomic E-state index is 10.8. The Bertz CT molecular complexity index is 315. The van der Waals surface area contributed by atoms with Crippen LogP contribution in [0.1, 0.15) is 12.1 Å². The summed E-state index contributed by atoms with van der Waals surface area (Å²) in [5, 5.41) is 2.93. The molecule has 1 N–H and O–H groups in total. The predicted molar refractivity (Wildman–Crippen MR) is 51.9 cm³/mol. The fraction of sp³-hybridized carbons (Fsp3) is 0.444. The van der Waals surface area contributed by atoms with Crippen LogP contribution in [0.15, 0.2) is 12.3 Å². The third kappa shape index (κ3) is 3.38. The summed E-state index contributed by atoms with van der Waals surface area (Å²) in [5.41, 5.74) is 0.889. The van der Waals surface area contributed by atoms with Gasteiger partial charge in [-0.1, -0.05) is 0 Å². The van der Waals surface area contributed by atoms with Gasteiger partial charge < -0.3 is 10.1 Å². The van der Waals surface area contributed by atoms with E-state index < -0.39 is 0 Å². The molecular weight excluding hydrogens is 182 g/mol. The van der Waals surface area contributed by atoms with E-state index in [1.165, 1.54) is 7.11 Å². The Labute approximate surface area is 82.5 Å². The van der Waals surface area contributed by atoms with Crippen molar-refractivity contribution in [2.24, 2.45) is 0 Å². The molecule has 76 valence electrons. The van der Waals surface area contributed by atoms with Gasteiger partial charge in [0.25, 0.3) is 0 Å². The van der Waals surface area contributed by atoms with Crippen molar-refractivity contribution in [2.75, 3.05) is 19.0 Å². The Morgan fingerprint density at radius 2 is 2.43 bits per heavy atom. The maximum atomic E-state index is 10.8. The number of aryl methyl sites for hydroxylation is 1. The lowest BCUT2D eigenvalue weighted by Gasteiger charge is -2.03. The Morgan fingerprint density at radius 3 is 3.07 bits per heavy atom. The van der Waals surface area contributed by atoms with E-state index in [-0.39, 0.29) is 5.97 Å². The van der Waals surface area contributed by atoms with E-state index in [1.807, 2.05) is 13.0 Å². The summed E-state index contributed by atoms with van der Waals surface area (Å²) in [4.78, 5) is 18.9. The monoisotopic (exact) mass is 195 g/mol. The first-order valence-corrected chi connectivity index (χ1v) is 4.32. The van der Waals surface area contributed by atoms with Crippen LogP contribution >= 0.6 is 0 Å². The zero-order valence-electron chi connectivity index (χ0n) is 8.28. The van der Waals surface area contributed by atoms with Crippen LogP contribution in [0.2, 0.25) is 0 Å². The summed E-state index contributed by atoms with van der Waals surface area (Å²) >= 11 is 0. The molecule has 0 aromatic carbocycles. The van der Waals surface area contributed by atoms with E-state index in [0.717, 1.165) is 5.69 Å². The zero-order chi connectivity index (χ0) is 10.4. The van der Waals surface area contributed by atoms with E-state index in [0.29, 0.717) is 18.9 Å². The second-order valence-corrected chi connectivity index (χ2v) is 2.77. The minimum atomic E-state index is -0.245.